The van der Waals surface area contributed by atoms with Crippen LogP contribution in [-0.4, -0.2) is 27.9 Å². The van der Waals surface area contributed by atoms with Gasteiger partial charge in [0, 0.05) is 17.7 Å². The van der Waals surface area contributed by atoms with Gasteiger partial charge in [-0.05, 0) is 19.3 Å². The highest BCUT2D eigenvalue weighted by Crippen LogP contribution is 2.29. The van der Waals surface area contributed by atoms with Gasteiger partial charge < -0.3 is 9.47 Å². The Kier molecular flexibility index (Phi) is 9.17. The normalized spacial score (nSPS) is 11.8. The first-order valence-corrected chi connectivity index (χ1v) is 9.34. The second kappa shape index (κ2) is 11.1. The Hall–Kier alpha value is -3.04. The molecule has 0 N–H and O–H groups in total. The molecule has 1 unspecified atom stereocenters. The molecule has 0 bridgehead atoms. The van der Waals surface area contributed by atoms with Crippen LogP contribution in [0.2, 0.25) is 0 Å². The topological polar surface area (TPSA) is 139 Å². The maximum Gasteiger partial charge on any atom is 0.306 e. The average molecular weight is 410 g/mol. The zero-order chi connectivity index (χ0) is 22.1. The molecule has 0 aromatic heterocycles. The predicted octanol–water partition coefficient (Wildman–Crippen LogP) is 4.00. The molecule has 29 heavy (non-hydrogen) atoms. The number of rotatable bonds is 11. The standard InChI is InChI=1S/C19H26N2O8/c1-5-6-17(12(2)3)29-19(23)8-7-18(22)28-11-14-9-15(20(24)25)13(4)16(10-14)21(26)27/h9-10,12,17H,5-8,11H2,1-4H3. The molecule has 1 atom stereocenters. The lowest BCUT2D eigenvalue weighted by atomic mass is 10.0. The van der Waals surface area contributed by atoms with Crippen LogP contribution in [0.25, 0.3) is 0 Å². The maximum atomic E-state index is 11.9. The summed E-state index contributed by atoms with van der Waals surface area (Å²) in [4.78, 5) is 44.5. The van der Waals surface area contributed by atoms with Crippen LogP contribution >= 0.6 is 0 Å². The molecule has 160 valence electrons. The SMILES string of the molecule is CCCC(OC(=O)CCC(=O)OCc1cc([N+](=O)[O-])c(C)c([N+](=O)[O-])c1)C(C)C. The molecule has 0 aliphatic carbocycles. The molecule has 0 radical (unpaired) electrons. The summed E-state index contributed by atoms with van der Waals surface area (Å²) in [5, 5.41) is 22.1. The number of nitro benzene ring substituents is 2. The van der Waals surface area contributed by atoms with E-state index in [0.29, 0.717) is 0 Å². The minimum absolute atomic E-state index is 0.0791. The van der Waals surface area contributed by atoms with Crippen molar-refractivity contribution in [2.45, 2.75) is 66.1 Å². The van der Waals surface area contributed by atoms with Gasteiger partial charge in [-0.15, -0.1) is 0 Å². The summed E-state index contributed by atoms with van der Waals surface area (Å²) in [7, 11) is 0. The quantitative estimate of drug-likeness (QED) is 0.303. The van der Waals surface area contributed by atoms with E-state index < -0.39 is 33.2 Å². The fourth-order valence-electron chi connectivity index (χ4n) is 2.68. The number of hydrogen-bond acceptors (Lipinski definition) is 8. The molecule has 0 aliphatic heterocycles. The van der Waals surface area contributed by atoms with Gasteiger partial charge in [0.2, 0.25) is 0 Å². The summed E-state index contributed by atoms with van der Waals surface area (Å²) >= 11 is 0. The highest BCUT2D eigenvalue weighted by molar-refractivity contribution is 5.77. The molecule has 0 aliphatic rings. The van der Waals surface area contributed by atoms with Crippen LogP contribution in [0.15, 0.2) is 12.1 Å². The van der Waals surface area contributed by atoms with Crippen molar-refractivity contribution < 1.29 is 28.9 Å². The fourth-order valence-corrected chi connectivity index (χ4v) is 2.68. The van der Waals surface area contributed by atoms with Gasteiger partial charge in [-0.1, -0.05) is 27.2 Å². The summed E-state index contributed by atoms with van der Waals surface area (Å²) in [6, 6.07) is 2.25. The van der Waals surface area contributed by atoms with Gasteiger partial charge in [-0.25, -0.2) is 0 Å². The molecule has 0 heterocycles. The van der Waals surface area contributed by atoms with Crippen LogP contribution in [0.1, 0.15) is 57.6 Å². The van der Waals surface area contributed by atoms with Crippen molar-refractivity contribution in [3.8, 4) is 0 Å². The van der Waals surface area contributed by atoms with Crippen LogP contribution in [0.5, 0.6) is 0 Å². The lowest BCUT2D eigenvalue weighted by Gasteiger charge is -2.20. The van der Waals surface area contributed by atoms with Gasteiger partial charge in [-0.3, -0.25) is 29.8 Å². The van der Waals surface area contributed by atoms with Gasteiger partial charge in [0.15, 0.2) is 0 Å². The lowest BCUT2D eigenvalue weighted by molar-refractivity contribution is -0.395. The van der Waals surface area contributed by atoms with Crippen LogP contribution < -0.4 is 0 Å². The Balaban J connectivity index is 2.65. The first kappa shape index (κ1) is 24.0. The minimum Gasteiger partial charge on any atom is -0.462 e. The molecular formula is C19H26N2O8. The Labute approximate surface area is 168 Å². The predicted molar refractivity (Wildman–Crippen MR) is 103 cm³/mol. The molecule has 1 aromatic rings. The monoisotopic (exact) mass is 410 g/mol. The number of hydrogen-bond donors (Lipinski definition) is 0. The first-order chi connectivity index (χ1) is 13.6. The van der Waals surface area contributed by atoms with E-state index in [1.165, 1.54) is 6.92 Å². The molecule has 0 amide bonds. The molecule has 1 rings (SSSR count). The van der Waals surface area contributed by atoms with Gasteiger partial charge >= 0.3 is 11.9 Å². The molecule has 0 saturated carbocycles. The third-order valence-corrected chi connectivity index (χ3v) is 4.34. The molecule has 0 saturated heterocycles. The van der Waals surface area contributed by atoms with Crippen LogP contribution in [-0.2, 0) is 25.7 Å². The van der Waals surface area contributed by atoms with Crippen molar-refractivity contribution in [3.05, 3.63) is 43.5 Å². The van der Waals surface area contributed by atoms with E-state index in [0.717, 1.165) is 25.0 Å². The number of nitrogens with zero attached hydrogens (tertiary/aromatic N) is 2. The van der Waals surface area contributed by atoms with E-state index in [1.54, 1.807) is 0 Å². The van der Waals surface area contributed by atoms with Crippen molar-refractivity contribution in [3.63, 3.8) is 0 Å². The van der Waals surface area contributed by atoms with Crippen molar-refractivity contribution in [1.29, 1.82) is 0 Å². The summed E-state index contributed by atoms with van der Waals surface area (Å²) in [6.45, 7) is 6.78. The molecule has 0 fully saturated rings. The summed E-state index contributed by atoms with van der Waals surface area (Å²) < 4.78 is 10.4. The van der Waals surface area contributed by atoms with Crippen LogP contribution in [0.4, 0.5) is 11.4 Å². The maximum absolute atomic E-state index is 11.9. The lowest BCUT2D eigenvalue weighted by Crippen LogP contribution is -2.24. The van der Waals surface area contributed by atoms with E-state index in [2.05, 4.69) is 0 Å². The van der Waals surface area contributed by atoms with E-state index in [9.17, 15) is 29.8 Å². The first-order valence-electron chi connectivity index (χ1n) is 9.34. The van der Waals surface area contributed by atoms with Crippen molar-refractivity contribution in [2.75, 3.05) is 0 Å². The van der Waals surface area contributed by atoms with E-state index in [-0.39, 0.29) is 42.6 Å². The van der Waals surface area contributed by atoms with Crippen molar-refractivity contribution >= 4 is 23.3 Å². The second-order valence-corrected chi connectivity index (χ2v) is 6.99. The molecule has 1 aromatic carbocycles. The van der Waals surface area contributed by atoms with Crippen LogP contribution in [0, 0.1) is 33.1 Å². The Morgan fingerprint density at radius 2 is 1.55 bits per heavy atom. The molecule has 10 heteroatoms. The Morgan fingerprint density at radius 1 is 1.03 bits per heavy atom. The molecule has 0 spiro atoms. The van der Waals surface area contributed by atoms with E-state index >= 15 is 0 Å². The van der Waals surface area contributed by atoms with Crippen molar-refractivity contribution in [1.82, 2.24) is 0 Å². The summed E-state index contributed by atoms with van der Waals surface area (Å²) in [6.07, 6.45) is 1.02. The number of ether oxygens (including phenoxy) is 2. The fraction of sp³-hybridized carbons (Fsp3) is 0.579. The van der Waals surface area contributed by atoms with E-state index in [1.807, 2.05) is 20.8 Å². The largest absolute Gasteiger partial charge is 0.462 e. The number of benzene rings is 1. The van der Waals surface area contributed by atoms with Crippen LogP contribution in [0.3, 0.4) is 0 Å². The van der Waals surface area contributed by atoms with Gasteiger partial charge in [0.05, 0.1) is 22.7 Å². The third-order valence-electron chi connectivity index (χ3n) is 4.34. The number of nitro groups is 2. The highest BCUT2D eigenvalue weighted by Gasteiger charge is 2.24. The third kappa shape index (κ3) is 7.47. The zero-order valence-electron chi connectivity index (χ0n) is 17.0. The van der Waals surface area contributed by atoms with Crippen molar-refractivity contribution in [2.24, 2.45) is 5.92 Å². The molecular weight excluding hydrogens is 384 g/mol. The minimum atomic E-state index is -0.731. The number of esters is 2. The Bertz CT molecular complexity index is 740. The van der Waals surface area contributed by atoms with Gasteiger partial charge in [-0.2, -0.15) is 0 Å². The van der Waals surface area contributed by atoms with E-state index in [4.69, 9.17) is 9.47 Å². The van der Waals surface area contributed by atoms with Gasteiger partial charge in [0.25, 0.3) is 11.4 Å². The molecule has 10 nitrogen and oxygen atoms in total. The highest BCUT2D eigenvalue weighted by atomic mass is 16.6. The zero-order valence-corrected chi connectivity index (χ0v) is 17.0. The Morgan fingerprint density at radius 3 is 2.00 bits per heavy atom. The summed E-state index contributed by atoms with van der Waals surface area (Å²) in [5.41, 5.74) is -0.814. The summed E-state index contributed by atoms with van der Waals surface area (Å²) in [5.74, 6) is -1.04. The number of carbonyl (C=O) groups excluding carboxylic acids is 2. The van der Waals surface area contributed by atoms with Gasteiger partial charge in [0.1, 0.15) is 18.3 Å². The average Bonchev–Trinajstić information content (AvgIpc) is 2.64. The second-order valence-electron chi connectivity index (χ2n) is 6.99. The number of carbonyl (C=O) groups is 2. The smallest absolute Gasteiger partial charge is 0.306 e.